The van der Waals surface area contributed by atoms with Gasteiger partial charge < -0.3 is 10.3 Å². The molecule has 0 saturated heterocycles. The van der Waals surface area contributed by atoms with Gasteiger partial charge in [-0.05, 0) is 35.5 Å². The Bertz CT molecular complexity index is 531. The summed E-state index contributed by atoms with van der Waals surface area (Å²) in [5.74, 6) is 1.01. The summed E-state index contributed by atoms with van der Waals surface area (Å²) in [4.78, 5) is 4.51. The molecule has 0 amide bonds. The number of benzene rings is 1. The zero-order chi connectivity index (χ0) is 12.4. The number of aryl methyl sites for hydroxylation is 1. The largest absolute Gasteiger partial charge is 0.330 e. The molecule has 2 N–H and O–H groups in total. The second-order valence-corrected chi connectivity index (χ2v) is 4.89. The van der Waals surface area contributed by atoms with Gasteiger partial charge in [-0.15, -0.1) is 0 Å². The standard InChI is InChI=1S/C13H16BrN3/c1-9-4-3-5-10(8-9)12-13(14)16-11(6-7-15)17(12)2/h3-5,8H,6-7,15H2,1-2H3. The topological polar surface area (TPSA) is 43.8 Å². The van der Waals surface area contributed by atoms with Gasteiger partial charge in [-0.25, -0.2) is 4.98 Å². The SMILES string of the molecule is Cc1cccc(-c2c(Br)nc(CCN)n2C)c1. The smallest absolute Gasteiger partial charge is 0.132 e. The molecular formula is C13H16BrN3. The maximum atomic E-state index is 5.58. The highest BCUT2D eigenvalue weighted by molar-refractivity contribution is 9.10. The van der Waals surface area contributed by atoms with E-state index in [0.29, 0.717) is 6.54 Å². The Morgan fingerprint density at radius 3 is 2.82 bits per heavy atom. The number of halogens is 1. The van der Waals surface area contributed by atoms with Crippen LogP contribution in [0.4, 0.5) is 0 Å². The van der Waals surface area contributed by atoms with E-state index in [4.69, 9.17) is 5.73 Å². The van der Waals surface area contributed by atoms with E-state index in [-0.39, 0.29) is 0 Å². The number of imidazole rings is 1. The first-order chi connectivity index (χ1) is 8.13. The van der Waals surface area contributed by atoms with Crippen molar-refractivity contribution in [3.8, 4) is 11.3 Å². The van der Waals surface area contributed by atoms with Crippen LogP contribution in [0, 0.1) is 6.92 Å². The monoisotopic (exact) mass is 293 g/mol. The van der Waals surface area contributed by atoms with E-state index in [9.17, 15) is 0 Å². The molecule has 1 heterocycles. The summed E-state index contributed by atoms with van der Waals surface area (Å²) in [6, 6.07) is 8.41. The van der Waals surface area contributed by atoms with Crippen molar-refractivity contribution in [3.63, 3.8) is 0 Å². The van der Waals surface area contributed by atoms with Gasteiger partial charge in [-0.2, -0.15) is 0 Å². The molecule has 0 aliphatic heterocycles. The Balaban J connectivity index is 2.52. The fourth-order valence-corrected chi connectivity index (χ4v) is 2.67. The average Bonchev–Trinajstić information content (AvgIpc) is 2.55. The fourth-order valence-electron chi connectivity index (χ4n) is 1.97. The van der Waals surface area contributed by atoms with Crippen LogP contribution in [0.2, 0.25) is 0 Å². The molecule has 0 aliphatic carbocycles. The lowest BCUT2D eigenvalue weighted by molar-refractivity contribution is 0.782. The third kappa shape index (κ3) is 2.42. The van der Waals surface area contributed by atoms with Crippen molar-refractivity contribution >= 4 is 15.9 Å². The van der Waals surface area contributed by atoms with E-state index >= 15 is 0 Å². The molecule has 0 aliphatic rings. The molecular weight excluding hydrogens is 278 g/mol. The van der Waals surface area contributed by atoms with Gasteiger partial charge >= 0.3 is 0 Å². The minimum absolute atomic E-state index is 0.616. The molecule has 4 heteroatoms. The first-order valence-corrected chi connectivity index (χ1v) is 6.41. The first kappa shape index (κ1) is 12.3. The summed E-state index contributed by atoms with van der Waals surface area (Å²) < 4.78 is 2.99. The van der Waals surface area contributed by atoms with Crippen molar-refractivity contribution in [2.45, 2.75) is 13.3 Å². The Morgan fingerprint density at radius 1 is 1.41 bits per heavy atom. The molecule has 1 aromatic heterocycles. The van der Waals surface area contributed by atoms with Crippen LogP contribution in [0.15, 0.2) is 28.9 Å². The van der Waals surface area contributed by atoms with Gasteiger partial charge in [0, 0.05) is 19.0 Å². The number of aromatic nitrogens is 2. The van der Waals surface area contributed by atoms with Crippen LogP contribution >= 0.6 is 15.9 Å². The lowest BCUT2D eigenvalue weighted by Crippen LogP contribution is -2.08. The van der Waals surface area contributed by atoms with Crippen LogP contribution in [0.25, 0.3) is 11.3 Å². The van der Waals surface area contributed by atoms with Crippen molar-refractivity contribution in [1.29, 1.82) is 0 Å². The van der Waals surface area contributed by atoms with E-state index in [0.717, 1.165) is 22.5 Å². The van der Waals surface area contributed by atoms with Gasteiger partial charge in [-0.3, -0.25) is 0 Å². The first-order valence-electron chi connectivity index (χ1n) is 5.61. The number of hydrogen-bond donors (Lipinski definition) is 1. The maximum Gasteiger partial charge on any atom is 0.132 e. The van der Waals surface area contributed by atoms with Crippen LogP contribution in [0.1, 0.15) is 11.4 Å². The summed E-state index contributed by atoms with van der Waals surface area (Å²) >= 11 is 3.53. The van der Waals surface area contributed by atoms with Crippen LogP contribution < -0.4 is 5.73 Å². The van der Waals surface area contributed by atoms with Crippen LogP contribution in [0.5, 0.6) is 0 Å². The molecule has 3 nitrogen and oxygen atoms in total. The zero-order valence-corrected chi connectivity index (χ0v) is 11.7. The lowest BCUT2D eigenvalue weighted by Gasteiger charge is -2.06. The van der Waals surface area contributed by atoms with Gasteiger partial charge in [0.15, 0.2) is 0 Å². The van der Waals surface area contributed by atoms with Crippen LogP contribution in [-0.2, 0) is 13.5 Å². The van der Waals surface area contributed by atoms with Crippen molar-refractivity contribution in [2.75, 3.05) is 6.54 Å². The molecule has 0 atom stereocenters. The average molecular weight is 294 g/mol. The third-order valence-corrected chi connectivity index (χ3v) is 3.36. The molecule has 0 spiro atoms. The zero-order valence-electron chi connectivity index (χ0n) is 10.1. The van der Waals surface area contributed by atoms with Gasteiger partial charge in [0.25, 0.3) is 0 Å². The van der Waals surface area contributed by atoms with Crippen molar-refractivity contribution in [3.05, 3.63) is 40.3 Å². The lowest BCUT2D eigenvalue weighted by atomic mass is 10.1. The number of nitrogens with two attached hydrogens (primary N) is 1. The van der Waals surface area contributed by atoms with Gasteiger partial charge in [0.05, 0.1) is 5.69 Å². The van der Waals surface area contributed by atoms with Crippen molar-refractivity contribution < 1.29 is 0 Å². The quantitative estimate of drug-likeness (QED) is 0.945. The predicted octanol–water partition coefficient (Wildman–Crippen LogP) is 2.66. The number of nitrogens with zero attached hydrogens (tertiary/aromatic N) is 2. The summed E-state index contributed by atoms with van der Waals surface area (Å²) in [5.41, 5.74) is 9.11. The highest BCUT2D eigenvalue weighted by Gasteiger charge is 2.13. The highest BCUT2D eigenvalue weighted by atomic mass is 79.9. The Labute approximate surface area is 110 Å². The Kier molecular flexibility index (Phi) is 3.64. The maximum absolute atomic E-state index is 5.58. The summed E-state index contributed by atoms with van der Waals surface area (Å²) in [6.07, 6.45) is 0.793. The van der Waals surface area contributed by atoms with Crippen molar-refractivity contribution in [1.82, 2.24) is 9.55 Å². The second-order valence-electron chi connectivity index (χ2n) is 4.13. The molecule has 0 unspecified atom stereocenters. The molecule has 2 aromatic rings. The van der Waals surface area contributed by atoms with Crippen LogP contribution in [0.3, 0.4) is 0 Å². The number of hydrogen-bond acceptors (Lipinski definition) is 2. The van der Waals surface area contributed by atoms with E-state index in [1.807, 2.05) is 7.05 Å². The normalized spacial score (nSPS) is 10.8. The molecule has 90 valence electrons. The minimum atomic E-state index is 0.616. The predicted molar refractivity (Wildman–Crippen MR) is 73.8 cm³/mol. The van der Waals surface area contributed by atoms with E-state index < -0.39 is 0 Å². The summed E-state index contributed by atoms with van der Waals surface area (Å²) in [6.45, 7) is 2.71. The van der Waals surface area contributed by atoms with Gasteiger partial charge in [-0.1, -0.05) is 23.8 Å². The fraction of sp³-hybridized carbons (Fsp3) is 0.308. The molecule has 2 rings (SSSR count). The molecule has 17 heavy (non-hydrogen) atoms. The molecule has 0 radical (unpaired) electrons. The van der Waals surface area contributed by atoms with Crippen molar-refractivity contribution in [2.24, 2.45) is 12.8 Å². The second kappa shape index (κ2) is 5.02. The van der Waals surface area contributed by atoms with E-state index in [2.05, 4.69) is 56.7 Å². The third-order valence-electron chi connectivity index (χ3n) is 2.80. The molecule has 0 bridgehead atoms. The Morgan fingerprint density at radius 2 is 2.18 bits per heavy atom. The number of rotatable bonds is 3. The highest BCUT2D eigenvalue weighted by Crippen LogP contribution is 2.29. The van der Waals surface area contributed by atoms with E-state index in [1.165, 1.54) is 11.1 Å². The van der Waals surface area contributed by atoms with Gasteiger partial charge in [0.2, 0.25) is 0 Å². The molecule has 0 saturated carbocycles. The molecule has 1 aromatic carbocycles. The van der Waals surface area contributed by atoms with Crippen LogP contribution in [-0.4, -0.2) is 16.1 Å². The summed E-state index contributed by atoms with van der Waals surface area (Å²) in [5, 5.41) is 0. The van der Waals surface area contributed by atoms with E-state index in [1.54, 1.807) is 0 Å². The molecule has 0 fully saturated rings. The minimum Gasteiger partial charge on any atom is -0.330 e. The summed E-state index contributed by atoms with van der Waals surface area (Å²) in [7, 11) is 2.03. The van der Waals surface area contributed by atoms with Gasteiger partial charge in [0.1, 0.15) is 10.4 Å². The Hall–Kier alpha value is -1.13.